The first-order valence-corrected chi connectivity index (χ1v) is 9.28. The minimum Gasteiger partial charge on any atom is -0.383 e. The molecule has 0 fully saturated rings. The Morgan fingerprint density at radius 3 is 2.69 bits per heavy atom. The van der Waals surface area contributed by atoms with Gasteiger partial charge in [0.1, 0.15) is 0 Å². The average Bonchev–Trinajstić information content (AvgIpc) is 2.57. The van der Waals surface area contributed by atoms with E-state index in [1.165, 1.54) is 0 Å². The number of nitrogens with zero attached hydrogens (tertiary/aromatic N) is 2. The Balaban J connectivity index is 0.00000625. The molecule has 1 rings (SSSR count). The lowest BCUT2D eigenvalue weighted by Gasteiger charge is -2.19. The van der Waals surface area contributed by atoms with Crippen LogP contribution in [0.15, 0.2) is 33.7 Å². The van der Waals surface area contributed by atoms with Gasteiger partial charge in [0.15, 0.2) is 5.96 Å². The number of hydrogen-bond donors (Lipinski definition) is 2. The van der Waals surface area contributed by atoms with Crippen LogP contribution in [0.2, 0.25) is 0 Å². The van der Waals surface area contributed by atoms with Gasteiger partial charge in [0.05, 0.1) is 13.2 Å². The van der Waals surface area contributed by atoms with Crippen LogP contribution in [0.25, 0.3) is 0 Å². The third kappa shape index (κ3) is 9.72. The SMILES string of the molecule is CCNC(=NCCC(=O)N(C)Cc1ccccc1Br)NC(C)COC.I. The van der Waals surface area contributed by atoms with Gasteiger partial charge in [-0.3, -0.25) is 9.79 Å². The fraction of sp³-hybridized carbons (Fsp3) is 0.556. The van der Waals surface area contributed by atoms with Gasteiger partial charge in [0.25, 0.3) is 0 Å². The molecule has 2 N–H and O–H groups in total. The third-order valence-electron chi connectivity index (χ3n) is 3.53. The zero-order valence-corrected chi connectivity index (χ0v) is 19.8. The Morgan fingerprint density at radius 2 is 2.08 bits per heavy atom. The van der Waals surface area contributed by atoms with E-state index in [2.05, 4.69) is 31.6 Å². The highest BCUT2D eigenvalue weighted by Crippen LogP contribution is 2.17. The van der Waals surface area contributed by atoms with Crippen molar-refractivity contribution in [3.63, 3.8) is 0 Å². The first kappa shape index (κ1) is 25.1. The standard InChI is InChI=1S/C18H29BrN4O2.HI/c1-5-20-18(22-14(2)13-25-4)21-11-10-17(24)23(3)12-15-8-6-7-9-16(15)19;/h6-9,14H,5,10-13H2,1-4H3,(H2,20,21,22);1H. The summed E-state index contributed by atoms with van der Waals surface area (Å²) < 4.78 is 6.13. The molecule has 0 aliphatic heterocycles. The summed E-state index contributed by atoms with van der Waals surface area (Å²) in [5.41, 5.74) is 1.09. The van der Waals surface area contributed by atoms with E-state index in [1.807, 2.05) is 45.2 Å². The summed E-state index contributed by atoms with van der Waals surface area (Å²) in [6.07, 6.45) is 0.371. The van der Waals surface area contributed by atoms with Gasteiger partial charge in [0.2, 0.25) is 5.91 Å². The van der Waals surface area contributed by atoms with Gasteiger partial charge in [-0.2, -0.15) is 0 Å². The maximum absolute atomic E-state index is 12.3. The molecule has 0 saturated carbocycles. The minimum absolute atomic E-state index is 0. The van der Waals surface area contributed by atoms with Crippen molar-refractivity contribution in [2.75, 3.05) is 33.9 Å². The van der Waals surface area contributed by atoms with E-state index in [-0.39, 0.29) is 35.9 Å². The number of halogens is 2. The number of carbonyl (C=O) groups is 1. The summed E-state index contributed by atoms with van der Waals surface area (Å²) in [5, 5.41) is 6.43. The summed E-state index contributed by atoms with van der Waals surface area (Å²) in [7, 11) is 3.48. The molecular formula is C18H30BrIN4O2. The second kappa shape index (κ2) is 14.2. The molecule has 0 heterocycles. The van der Waals surface area contributed by atoms with E-state index in [1.54, 1.807) is 12.0 Å². The van der Waals surface area contributed by atoms with Gasteiger partial charge in [-0.1, -0.05) is 34.1 Å². The molecule has 0 radical (unpaired) electrons. The van der Waals surface area contributed by atoms with Crippen LogP contribution in [-0.4, -0.2) is 56.7 Å². The molecule has 0 bridgehead atoms. The van der Waals surface area contributed by atoms with Crippen LogP contribution in [0.1, 0.15) is 25.8 Å². The van der Waals surface area contributed by atoms with Crippen molar-refractivity contribution in [3.8, 4) is 0 Å². The Labute approximate surface area is 182 Å². The quantitative estimate of drug-likeness (QED) is 0.287. The van der Waals surface area contributed by atoms with E-state index >= 15 is 0 Å². The molecule has 1 amide bonds. The fourth-order valence-corrected chi connectivity index (χ4v) is 2.68. The first-order valence-electron chi connectivity index (χ1n) is 8.49. The van der Waals surface area contributed by atoms with Crippen LogP contribution in [0, 0.1) is 0 Å². The molecule has 1 unspecified atom stereocenters. The fourth-order valence-electron chi connectivity index (χ4n) is 2.27. The van der Waals surface area contributed by atoms with E-state index in [9.17, 15) is 4.79 Å². The minimum atomic E-state index is 0. The highest BCUT2D eigenvalue weighted by atomic mass is 127. The topological polar surface area (TPSA) is 66.0 Å². The van der Waals surface area contributed by atoms with Crippen molar-refractivity contribution < 1.29 is 9.53 Å². The van der Waals surface area contributed by atoms with Crippen molar-refractivity contribution in [1.29, 1.82) is 0 Å². The second-order valence-corrected chi connectivity index (χ2v) is 6.71. The predicted octanol–water partition coefficient (Wildman–Crippen LogP) is 3.01. The molecule has 0 saturated heterocycles. The molecule has 0 aliphatic rings. The molecule has 148 valence electrons. The molecule has 1 aromatic carbocycles. The number of ether oxygens (including phenoxy) is 1. The number of hydrogen-bond acceptors (Lipinski definition) is 3. The first-order chi connectivity index (χ1) is 12.0. The van der Waals surface area contributed by atoms with Crippen LogP contribution >= 0.6 is 39.9 Å². The van der Waals surface area contributed by atoms with E-state index in [0.717, 1.165) is 16.6 Å². The van der Waals surface area contributed by atoms with Crippen molar-refractivity contribution >= 4 is 51.8 Å². The van der Waals surface area contributed by atoms with Crippen molar-refractivity contribution in [3.05, 3.63) is 34.3 Å². The lowest BCUT2D eigenvalue weighted by Crippen LogP contribution is -2.44. The monoisotopic (exact) mass is 540 g/mol. The highest BCUT2D eigenvalue weighted by molar-refractivity contribution is 14.0. The Kier molecular flexibility index (Phi) is 13.7. The number of carbonyl (C=O) groups excluding carboxylic acids is 1. The van der Waals surface area contributed by atoms with Crippen LogP contribution in [-0.2, 0) is 16.1 Å². The zero-order valence-electron chi connectivity index (χ0n) is 15.9. The Bertz CT molecular complexity index is 572. The number of amides is 1. The largest absolute Gasteiger partial charge is 0.383 e. The van der Waals surface area contributed by atoms with Crippen LogP contribution in [0.5, 0.6) is 0 Å². The van der Waals surface area contributed by atoms with Gasteiger partial charge >= 0.3 is 0 Å². The van der Waals surface area contributed by atoms with Crippen molar-refractivity contribution in [2.24, 2.45) is 4.99 Å². The zero-order chi connectivity index (χ0) is 18.7. The maximum atomic E-state index is 12.3. The van der Waals surface area contributed by atoms with Crippen molar-refractivity contribution in [2.45, 2.75) is 32.9 Å². The smallest absolute Gasteiger partial charge is 0.224 e. The second-order valence-electron chi connectivity index (χ2n) is 5.85. The van der Waals surface area contributed by atoms with Crippen LogP contribution < -0.4 is 10.6 Å². The number of methoxy groups -OCH3 is 1. The van der Waals surface area contributed by atoms with Gasteiger partial charge in [-0.25, -0.2) is 0 Å². The number of guanidine groups is 1. The molecule has 6 nitrogen and oxygen atoms in total. The Hall–Kier alpha value is -0.870. The van der Waals surface area contributed by atoms with Crippen molar-refractivity contribution in [1.82, 2.24) is 15.5 Å². The third-order valence-corrected chi connectivity index (χ3v) is 4.30. The van der Waals surface area contributed by atoms with Crippen LogP contribution in [0.3, 0.4) is 0 Å². The lowest BCUT2D eigenvalue weighted by molar-refractivity contribution is -0.130. The number of rotatable bonds is 9. The molecule has 0 aliphatic carbocycles. The maximum Gasteiger partial charge on any atom is 0.224 e. The van der Waals surface area contributed by atoms with Gasteiger partial charge in [0, 0.05) is 44.2 Å². The predicted molar refractivity (Wildman–Crippen MR) is 121 cm³/mol. The highest BCUT2D eigenvalue weighted by Gasteiger charge is 2.11. The lowest BCUT2D eigenvalue weighted by atomic mass is 10.2. The molecule has 1 aromatic rings. The van der Waals surface area contributed by atoms with Gasteiger partial charge < -0.3 is 20.3 Å². The van der Waals surface area contributed by atoms with E-state index in [0.29, 0.717) is 32.1 Å². The average molecular weight is 541 g/mol. The number of nitrogens with one attached hydrogen (secondary N) is 2. The normalized spacial score (nSPS) is 12.1. The molecule has 0 aromatic heterocycles. The van der Waals surface area contributed by atoms with E-state index in [4.69, 9.17) is 4.74 Å². The van der Waals surface area contributed by atoms with Gasteiger partial charge in [-0.05, 0) is 25.5 Å². The summed E-state index contributed by atoms with van der Waals surface area (Å²) >= 11 is 3.51. The molecule has 26 heavy (non-hydrogen) atoms. The van der Waals surface area contributed by atoms with E-state index < -0.39 is 0 Å². The molecule has 0 spiro atoms. The summed E-state index contributed by atoms with van der Waals surface area (Å²) in [6, 6.07) is 8.07. The molecular weight excluding hydrogens is 511 g/mol. The molecule has 1 atom stereocenters. The molecule has 8 heteroatoms. The summed E-state index contributed by atoms with van der Waals surface area (Å²) in [6.45, 7) is 6.41. The Morgan fingerprint density at radius 1 is 1.38 bits per heavy atom. The summed E-state index contributed by atoms with van der Waals surface area (Å²) in [5.74, 6) is 0.772. The number of benzene rings is 1. The van der Waals surface area contributed by atoms with Gasteiger partial charge in [-0.15, -0.1) is 24.0 Å². The van der Waals surface area contributed by atoms with Crippen LogP contribution in [0.4, 0.5) is 0 Å². The summed E-state index contributed by atoms with van der Waals surface area (Å²) in [4.78, 5) is 18.5. The number of aliphatic imine (C=N–C) groups is 1.